The molecule has 0 saturated carbocycles. The number of amides is 1. The van der Waals surface area contributed by atoms with Crippen LogP contribution >= 0.6 is 15.9 Å². The highest BCUT2D eigenvalue weighted by Crippen LogP contribution is 2.43. The van der Waals surface area contributed by atoms with Crippen LogP contribution in [0.3, 0.4) is 0 Å². The summed E-state index contributed by atoms with van der Waals surface area (Å²) in [5, 5.41) is 10.5. The largest absolute Gasteiger partial charge is 0.438 e. The van der Waals surface area contributed by atoms with Gasteiger partial charge < -0.3 is 14.7 Å². The second-order valence-corrected chi connectivity index (χ2v) is 9.25. The van der Waals surface area contributed by atoms with Crippen molar-refractivity contribution in [1.82, 2.24) is 4.90 Å². The summed E-state index contributed by atoms with van der Waals surface area (Å²) in [5.41, 5.74) is 1.32. The van der Waals surface area contributed by atoms with Gasteiger partial charge in [-0.3, -0.25) is 0 Å². The zero-order chi connectivity index (χ0) is 20.5. The van der Waals surface area contributed by atoms with Gasteiger partial charge in [-0.2, -0.15) is 0 Å². The monoisotopic (exact) mass is 445 g/mol. The molecule has 150 valence electrons. The van der Waals surface area contributed by atoms with Crippen molar-refractivity contribution in [2.24, 2.45) is 0 Å². The molecule has 4 nitrogen and oxygen atoms in total. The molecule has 0 aromatic heterocycles. The van der Waals surface area contributed by atoms with Crippen LogP contribution in [0, 0.1) is 6.92 Å². The molecule has 28 heavy (non-hydrogen) atoms. The quantitative estimate of drug-likeness (QED) is 0.640. The molecule has 0 radical (unpaired) electrons. The Balaban J connectivity index is 1.90. The Labute approximate surface area is 175 Å². The van der Waals surface area contributed by atoms with Crippen molar-refractivity contribution in [3.63, 3.8) is 0 Å². The van der Waals surface area contributed by atoms with Crippen molar-refractivity contribution in [2.75, 3.05) is 6.54 Å². The van der Waals surface area contributed by atoms with Crippen molar-refractivity contribution in [3.8, 4) is 0 Å². The van der Waals surface area contributed by atoms with Gasteiger partial charge >= 0.3 is 6.09 Å². The van der Waals surface area contributed by atoms with Gasteiger partial charge in [-0.1, -0.05) is 52.3 Å². The minimum atomic E-state index is -0.956. The maximum absolute atomic E-state index is 13.1. The highest BCUT2D eigenvalue weighted by atomic mass is 79.9. The van der Waals surface area contributed by atoms with E-state index in [-0.39, 0.29) is 12.1 Å². The second-order valence-electron chi connectivity index (χ2n) is 8.34. The number of hydrogen-bond acceptors (Lipinski definition) is 3. The molecule has 1 aliphatic rings. The fourth-order valence-corrected chi connectivity index (χ4v) is 4.40. The molecule has 2 aromatic rings. The van der Waals surface area contributed by atoms with Crippen molar-refractivity contribution >= 4 is 22.0 Å². The molecule has 2 unspecified atom stereocenters. The van der Waals surface area contributed by atoms with Crippen LogP contribution in [0.4, 0.5) is 4.79 Å². The first-order valence-corrected chi connectivity index (χ1v) is 10.4. The van der Waals surface area contributed by atoms with E-state index in [0.717, 1.165) is 21.2 Å². The zero-order valence-corrected chi connectivity index (χ0v) is 18.5. The van der Waals surface area contributed by atoms with E-state index in [2.05, 4.69) is 15.9 Å². The van der Waals surface area contributed by atoms with Crippen LogP contribution in [0.25, 0.3) is 0 Å². The number of hydrogen-bond donors (Lipinski definition) is 1. The maximum Gasteiger partial charge on any atom is 0.411 e. The summed E-state index contributed by atoms with van der Waals surface area (Å²) < 4.78 is 7.12. The molecular formula is C23H28BrNO3. The van der Waals surface area contributed by atoms with Gasteiger partial charge in [-0.25, -0.2) is 4.79 Å². The number of rotatable bonds is 5. The van der Waals surface area contributed by atoms with Gasteiger partial charge in [0.2, 0.25) is 0 Å². The van der Waals surface area contributed by atoms with Crippen LogP contribution in [0.1, 0.15) is 56.3 Å². The Bertz CT molecular complexity index is 844. The second kappa shape index (κ2) is 7.88. The number of cyclic esters (lactones) is 1. The standard InChI is InChI=1S/C23H28BrNO3/c1-16-7-5-6-8-20(16)23(15-22(3,4)27)13-14-25(21(26)28-23)17(2)18-9-11-19(24)12-10-18/h5-12,17,27H,13-15H2,1-4H3. The average Bonchev–Trinajstić information content (AvgIpc) is 2.61. The molecule has 1 N–H and O–H groups in total. The molecule has 2 aromatic carbocycles. The van der Waals surface area contributed by atoms with Gasteiger partial charge in [0.15, 0.2) is 0 Å². The van der Waals surface area contributed by atoms with Gasteiger partial charge in [0.1, 0.15) is 5.60 Å². The molecule has 2 atom stereocenters. The summed E-state index contributed by atoms with van der Waals surface area (Å²) in [5.74, 6) is 0. The third-order valence-corrected chi connectivity index (χ3v) is 5.98. The van der Waals surface area contributed by atoms with E-state index in [9.17, 15) is 9.90 Å². The number of benzene rings is 2. The lowest BCUT2D eigenvalue weighted by molar-refractivity contribution is -0.101. The molecule has 1 fully saturated rings. The smallest absolute Gasteiger partial charge is 0.411 e. The Kier molecular flexibility index (Phi) is 5.87. The summed E-state index contributed by atoms with van der Waals surface area (Å²) in [6.45, 7) is 8.13. The predicted octanol–water partition coefficient (Wildman–Crippen LogP) is 5.72. The lowest BCUT2D eigenvalue weighted by Crippen LogP contribution is -2.51. The van der Waals surface area contributed by atoms with E-state index >= 15 is 0 Å². The summed E-state index contributed by atoms with van der Waals surface area (Å²) in [6, 6.07) is 15.9. The van der Waals surface area contributed by atoms with Crippen LogP contribution in [-0.2, 0) is 10.3 Å². The van der Waals surface area contributed by atoms with E-state index in [1.54, 1.807) is 18.7 Å². The number of aryl methyl sites for hydroxylation is 1. The van der Waals surface area contributed by atoms with Gasteiger partial charge in [-0.05, 0) is 56.5 Å². The molecule has 0 aliphatic carbocycles. The molecule has 1 amide bonds. The first-order valence-electron chi connectivity index (χ1n) is 9.65. The van der Waals surface area contributed by atoms with Gasteiger partial charge in [-0.15, -0.1) is 0 Å². The van der Waals surface area contributed by atoms with E-state index in [0.29, 0.717) is 19.4 Å². The zero-order valence-electron chi connectivity index (χ0n) is 16.9. The fourth-order valence-electron chi connectivity index (χ4n) is 4.13. The van der Waals surface area contributed by atoms with Gasteiger partial charge in [0.25, 0.3) is 0 Å². The Hall–Kier alpha value is -1.85. The van der Waals surface area contributed by atoms with Crippen molar-refractivity contribution in [2.45, 2.75) is 57.8 Å². The third-order valence-electron chi connectivity index (χ3n) is 5.45. The molecule has 0 spiro atoms. The highest BCUT2D eigenvalue weighted by molar-refractivity contribution is 9.10. The first kappa shape index (κ1) is 20.9. The van der Waals surface area contributed by atoms with Crippen molar-refractivity contribution < 1.29 is 14.6 Å². The Morgan fingerprint density at radius 2 is 1.86 bits per heavy atom. The first-order chi connectivity index (χ1) is 13.1. The fraction of sp³-hybridized carbons (Fsp3) is 0.435. The number of aliphatic hydroxyl groups is 1. The third kappa shape index (κ3) is 4.41. The minimum absolute atomic E-state index is 0.0855. The number of ether oxygens (including phenoxy) is 1. The molecular weight excluding hydrogens is 418 g/mol. The number of halogens is 1. The van der Waals surface area contributed by atoms with Crippen LogP contribution in [-0.4, -0.2) is 28.2 Å². The molecule has 1 saturated heterocycles. The van der Waals surface area contributed by atoms with E-state index in [1.807, 2.05) is 62.4 Å². The minimum Gasteiger partial charge on any atom is -0.438 e. The van der Waals surface area contributed by atoms with E-state index in [4.69, 9.17) is 4.74 Å². The van der Waals surface area contributed by atoms with Gasteiger partial charge in [0, 0.05) is 23.9 Å². The van der Waals surface area contributed by atoms with Crippen molar-refractivity contribution in [3.05, 3.63) is 69.7 Å². The molecule has 1 aliphatic heterocycles. The van der Waals surface area contributed by atoms with Gasteiger partial charge in [0.05, 0.1) is 11.6 Å². The normalized spacial score (nSPS) is 21.4. The highest BCUT2D eigenvalue weighted by Gasteiger charge is 2.46. The average molecular weight is 446 g/mol. The lowest BCUT2D eigenvalue weighted by atomic mass is 9.78. The SMILES string of the molecule is Cc1ccccc1C1(CC(C)(C)O)CCN(C(C)c2ccc(Br)cc2)C(=O)O1. The number of carbonyl (C=O) groups is 1. The molecule has 1 heterocycles. The number of carbonyl (C=O) groups excluding carboxylic acids is 1. The van der Waals surface area contributed by atoms with Crippen molar-refractivity contribution in [1.29, 1.82) is 0 Å². The molecule has 0 bridgehead atoms. The van der Waals surface area contributed by atoms with Crippen LogP contribution in [0.15, 0.2) is 53.0 Å². The Morgan fingerprint density at radius 3 is 2.43 bits per heavy atom. The summed E-state index contributed by atoms with van der Waals surface area (Å²) in [4.78, 5) is 14.8. The molecule has 5 heteroatoms. The topological polar surface area (TPSA) is 49.8 Å². The van der Waals surface area contributed by atoms with E-state index < -0.39 is 11.2 Å². The summed E-state index contributed by atoms with van der Waals surface area (Å²) >= 11 is 3.45. The van der Waals surface area contributed by atoms with Crippen LogP contribution in [0.5, 0.6) is 0 Å². The Morgan fingerprint density at radius 1 is 1.21 bits per heavy atom. The maximum atomic E-state index is 13.1. The molecule has 3 rings (SSSR count). The van der Waals surface area contributed by atoms with E-state index in [1.165, 1.54) is 0 Å². The van der Waals surface area contributed by atoms with Crippen LogP contribution in [0.2, 0.25) is 0 Å². The number of nitrogens with zero attached hydrogens (tertiary/aromatic N) is 1. The van der Waals surface area contributed by atoms with Crippen LogP contribution < -0.4 is 0 Å². The predicted molar refractivity (Wildman–Crippen MR) is 114 cm³/mol. The summed E-state index contributed by atoms with van der Waals surface area (Å²) in [6.07, 6.45) is 0.653. The summed E-state index contributed by atoms with van der Waals surface area (Å²) in [7, 11) is 0. The lowest BCUT2D eigenvalue weighted by Gasteiger charge is -2.46.